The van der Waals surface area contributed by atoms with Gasteiger partial charge < -0.3 is 14.6 Å². The molecule has 1 aliphatic heterocycles. The maximum atomic E-state index is 5.76. The summed E-state index contributed by atoms with van der Waals surface area (Å²) < 4.78 is 10.9. The fourth-order valence-electron chi connectivity index (χ4n) is 1.83. The Morgan fingerprint density at radius 3 is 3.20 bits per heavy atom. The second kappa shape index (κ2) is 3.55. The molecule has 0 amide bonds. The van der Waals surface area contributed by atoms with Gasteiger partial charge in [-0.2, -0.15) is 0 Å². The molecule has 4 heteroatoms. The van der Waals surface area contributed by atoms with E-state index in [1.165, 1.54) is 0 Å². The summed E-state index contributed by atoms with van der Waals surface area (Å²) in [4.78, 5) is 0. The third-order valence-electron chi connectivity index (χ3n) is 2.64. The molecule has 1 fully saturated rings. The first-order valence-electron chi connectivity index (χ1n) is 5.15. The van der Waals surface area contributed by atoms with Gasteiger partial charge in [-0.3, -0.25) is 0 Å². The predicted molar refractivity (Wildman–Crippen MR) is 55.9 cm³/mol. The maximum Gasteiger partial charge on any atom is 0.262 e. The molecule has 1 N–H and O–H groups in total. The van der Waals surface area contributed by atoms with Gasteiger partial charge in [-0.25, -0.2) is 0 Å². The molecule has 0 bridgehead atoms. The van der Waals surface area contributed by atoms with Crippen LogP contribution in [0.15, 0.2) is 28.8 Å². The normalized spacial score (nSPS) is 20.9. The van der Waals surface area contributed by atoms with Gasteiger partial charge in [0.2, 0.25) is 0 Å². The van der Waals surface area contributed by atoms with Crippen molar-refractivity contribution >= 4 is 11.0 Å². The Bertz CT molecular complexity index is 460. The molecule has 0 saturated carbocycles. The van der Waals surface area contributed by atoms with Gasteiger partial charge in [0.25, 0.3) is 5.88 Å². The number of aromatic nitrogens is 1. The van der Waals surface area contributed by atoms with E-state index in [1.54, 1.807) is 0 Å². The Hall–Kier alpha value is -1.55. The molecule has 1 aromatic heterocycles. The van der Waals surface area contributed by atoms with Gasteiger partial charge in [-0.15, -0.1) is 0 Å². The number of fused-ring (bicyclic) bond motifs is 1. The van der Waals surface area contributed by atoms with E-state index in [9.17, 15) is 0 Å². The summed E-state index contributed by atoms with van der Waals surface area (Å²) in [7, 11) is 0. The van der Waals surface area contributed by atoms with Crippen molar-refractivity contribution < 1.29 is 9.26 Å². The van der Waals surface area contributed by atoms with E-state index in [0.717, 1.165) is 30.5 Å². The molecule has 0 spiro atoms. The summed E-state index contributed by atoms with van der Waals surface area (Å²) in [6, 6.07) is 7.74. The second-order valence-electron chi connectivity index (χ2n) is 3.72. The monoisotopic (exact) mass is 204 g/mol. The van der Waals surface area contributed by atoms with Crippen LogP contribution in [-0.2, 0) is 0 Å². The number of nitrogens with zero attached hydrogens (tertiary/aromatic N) is 1. The standard InChI is InChI=1S/C11H12N2O2/c1-2-4-10-9(3-1)11(13-15-10)14-8-5-6-12-7-8/h1-4,8,12H,5-7H2/t8-/m1/s1. The van der Waals surface area contributed by atoms with Gasteiger partial charge in [0.1, 0.15) is 6.10 Å². The van der Waals surface area contributed by atoms with E-state index in [1.807, 2.05) is 24.3 Å². The average molecular weight is 204 g/mol. The van der Waals surface area contributed by atoms with E-state index in [2.05, 4.69) is 10.5 Å². The summed E-state index contributed by atoms with van der Waals surface area (Å²) in [6.45, 7) is 1.90. The van der Waals surface area contributed by atoms with Crippen molar-refractivity contribution in [3.05, 3.63) is 24.3 Å². The van der Waals surface area contributed by atoms with Crippen molar-refractivity contribution in [2.45, 2.75) is 12.5 Å². The topological polar surface area (TPSA) is 47.3 Å². The predicted octanol–water partition coefficient (Wildman–Crippen LogP) is 1.57. The van der Waals surface area contributed by atoms with Crippen molar-refractivity contribution in [1.82, 2.24) is 10.5 Å². The Morgan fingerprint density at radius 1 is 1.40 bits per heavy atom. The molecule has 3 rings (SSSR count). The van der Waals surface area contributed by atoms with Gasteiger partial charge in [0, 0.05) is 6.54 Å². The number of nitrogens with one attached hydrogen (secondary N) is 1. The lowest BCUT2D eigenvalue weighted by molar-refractivity contribution is 0.204. The molecule has 1 aliphatic rings. The smallest absolute Gasteiger partial charge is 0.262 e. The fourth-order valence-corrected chi connectivity index (χ4v) is 1.83. The molecule has 1 aromatic carbocycles. The fraction of sp³-hybridized carbons (Fsp3) is 0.364. The number of ether oxygens (including phenoxy) is 1. The quantitative estimate of drug-likeness (QED) is 0.806. The van der Waals surface area contributed by atoms with Crippen LogP contribution in [0.3, 0.4) is 0 Å². The highest BCUT2D eigenvalue weighted by atomic mass is 16.5. The molecule has 78 valence electrons. The number of para-hydroxylation sites is 1. The Kier molecular flexibility index (Phi) is 2.07. The first-order valence-corrected chi connectivity index (χ1v) is 5.15. The van der Waals surface area contributed by atoms with Crippen LogP contribution in [0, 0.1) is 0 Å². The van der Waals surface area contributed by atoms with E-state index in [0.29, 0.717) is 5.88 Å². The van der Waals surface area contributed by atoms with Crippen LogP contribution in [0.2, 0.25) is 0 Å². The van der Waals surface area contributed by atoms with Crippen LogP contribution in [0.5, 0.6) is 5.88 Å². The van der Waals surface area contributed by atoms with E-state index < -0.39 is 0 Å². The van der Waals surface area contributed by atoms with Gasteiger partial charge in [-0.05, 0) is 30.3 Å². The second-order valence-corrected chi connectivity index (χ2v) is 3.72. The van der Waals surface area contributed by atoms with Gasteiger partial charge in [-0.1, -0.05) is 12.1 Å². The highest BCUT2D eigenvalue weighted by molar-refractivity contribution is 5.81. The Labute approximate surface area is 87.2 Å². The van der Waals surface area contributed by atoms with Crippen LogP contribution in [0.4, 0.5) is 0 Å². The molecular formula is C11H12N2O2. The molecule has 0 radical (unpaired) electrons. The zero-order valence-corrected chi connectivity index (χ0v) is 8.27. The molecule has 0 unspecified atom stereocenters. The van der Waals surface area contributed by atoms with Crippen molar-refractivity contribution in [2.75, 3.05) is 13.1 Å². The first-order chi connectivity index (χ1) is 7.43. The minimum absolute atomic E-state index is 0.221. The van der Waals surface area contributed by atoms with Crippen molar-refractivity contribution in [3.63, 3.8) is 0 Å². The number of hydrogen-bond acceptors (Lipinski definition) is 4. The van der Waals surface area contributed by atoms with Gasteiger partial charge >= 0.3 is 0 Å². The summed E-state index contributed by atoms with van der Waals surface area (Å²) in [6.07, 6.45) is 1.25. The molecule has 4 nitrogen and oxygen atoms in total. The van der Waals surface area contributed by atoms with Gasteiger partial charge in [0.05, 0.1) is 5.39 Å². The summed E-state index contributed by atoms with van der Waals surface area (Å²) in [5.74, 6) is 0.610. The minimum Gasteiger partial charge on any atom is -0.470 e. The average Bonchev–Trinajstić information content (AvgIpc) is 2.89. The minimum atomic E-state index is 0.221. The highest BCUT2D eigenvalue weighted by Gasteiger charge is 2.19. The van der Waals surface area contributed by atoms with Crippen LogP contribution in [-0.4, -0.2) is 24.4 Å². The highest BCUT2D eigenvalue weighted by Crippen LogP contribution is 2.25. The van der Waals surface area contributed by atoms with Crippen molar-refractivity contribution in [3.8, 4) is 5.88 Å². The third-order valence-corrected chi connectivity index (χ3v) is 2.64. The zero-order valence-electron chi connectivity index (χ0n) is 8.27. The molecule has 2 aromatic rings. The van der Waals surface area contributed by atoms with Crippen LogP contribution < -0.4 is 10.1 Å². The molecule has 1 atom stereocenters. The lowest BCUT2D eigenvalue weighted by atomic mass is 10.2. The van der Waals surface area contributed by atoms with Gasteiger partial charge in [0.15, 0.2) is 5.58 Å². The summed E-state index contributed by atoms with van der Waals surface area (Å²) in [5.41, 5.74) is 0.776. The molecule has 1 saturated heterocycles. The maximum absolute atomic E-state index is 5.76. The number of hydrogen-bond donors (Lipinski definition) is 1. The Morgan fingerprint density at radius 2 is 2.33 bits per heavy atom. The van der Waals surface area contributed by atoms with Crippen molar-refractivity contribution in [2.24, 2.45) is 0 Å². The first kappa shape index (κ1) is 8.73. The lowest BCUT2D eigenvalue weighted by Gasteiger charge is -2.08. The SMILES string of the molecule is c1ccc2c(O[C@@H]3CCNC3)noc2c1. The third kappa shape index (κ3) is 1.57. The molecule has 2 heterocycles. The number of rotatable bonds is 2. The van der Waals surface area contributed by atoms with E-state index >= 15 is 0 Å². The number of benzene rings is 1. The summed E-state index contributed by atoms with van der Waals surface area (Å²) >= 11 is 0. The zero-order chi connectivity index (χ0) is 10.1. The van der Waals surface area contributed by atoms with Crippen molar-refractivity contribution in [1.29, 1.82) is 0 Å². The summed E-state index contributed by atoms with van der Waals surface area (Å²) in [5, 5.41) is 8.13. The Balaban J connectivity index is 1.90. The van der Waals surface area contributed by atoms with E-state index in [4.69, 9.17) is 9.26 Å². The van der Waals surface area contributed by atoms with Crippen LogP contribution in [0.1, 0.15) is 6.42 Å². The molecule has 0 aliphatic carbocycles. The largest absolute Gasteiger partial charge is 0.470 e. The van der Waals surface area contributed by atoms with Crippen LogP contribution >= 0.6 is 0 Å². The molecule has 15 heavy (non-hydrogen) atoms. The lowest BCUT2D eigenvalue weighted by Crippen LogP contribution is -2.19. The van der Waals surface area contributed by atoms with Crippen LogP contribution in [0.25, 0.3) is 11.0 Å². The van der Waals surface area contributed by atoms with E-state index in [-0.39, 0.29) is 6.10 Å². The molecular weight excluding hydrogens is 192 g/mol.